The Hall–Kier alpha value is -3.16. The molecule has 0 radical (unpaired) electrons. The van der Waals surface area contributed by atoms with Gasteiger partial charge in [0.2, 0.25) is 0 Å². The maximum Gasteiger partial charge on any atom is 0.178 e. The average molecular weight is 433 g/mol. The molecule has 0 unspecified atom stereocenters. The van der Waals surface area contributed by atoms with Crippen molar-refractivity contribution in [3.05, 3.63) is 60.6 Å². The van der Waals surface area contributed by atoms with Gasteiger partial charge in [0.15, 0.2) is 5.78 Å². The summed E-state index contributed by atoms with van der Waals surface area (Å²) < 4.78 is 13.6. The first-order valence-electron chi connectivity index (χ1n) is 11.0. The van der Waals surface area contributed by atoms with Crippen LogP contribution in [0.15, 0.2) is 55.0 Å². The van der Waals surface area contributed by atoms with E-state index in [1.54, 1.807) is 20.4 Å². The fourth-order valence-corrected chi connectivity index (χ4v) is 4.88. The number of ketones is 1. The van der Waals surface area contributed by atoms with Crippen molar-refractivity contribution in [3.8, 4) is 5.75 Å². The standard InChI is InChI=1S/C25H28N4O3/c1-31-18-8-9-21-19(12-18)20(13-26-21)24(30)14-28-11-5-10-25(15-28,32-2)16-29-17-27-22-6-3-4-7-23(22)29/h3-4,6-9,12-13,17,26H,5,10-11,14-16H2,1-2H3/t25-/m1/s1. The minimum Gasteiger partial charge on any atom is -0.497 e. The van der Waals surface area contributed by atoms with Crippen molar-refractivity contribution < 1.29 is 14.3 Å². The van der Waals surface area contributed by atoms with Gasteiger partial charge in [0.05, 0.1) is 43.2 Å². The number of rotatable bonds is 7. The van der Waals surface area contributed by atoms with E-state index in [0.29, 0.717) is 25.2 Å². The average Bonchev–Trinajstić information content (AvgIpc) is 3.43. The van der Waals surface area contributed by atoms with Crippen LogP contribution in [0.2, 0.25) is 0 Å². The third-order valence-corrected chi connectivity index (χ3v) is 6.59. The number of ether oxygens (including phenoxy) is 2. The Morgan fingerprint density at radius 3 is 2.94 bits per heavy atom. The summed E-state index contributed by atoms with van der Waals surface area (Å²) >= 11 is 0. The summed E-state index contributed by atoms with van der Waals surface area (Å²) in [5.74, 6) is 0.847. The van der Waals surface area contributed by atoms with Gasteiger partial charge in [-0.25, -0.2) is 4.98 Å². The van der Waals surface area contributed by atoms with Crippen LogP contribution < -0.4 is 4.74 Å². The highest BCUT2D eigenvalue weighted by Crippen LogP contribution is 2.29. The number of aromatic amines is 1. The number of piperidine rings is 1. The molecule has 0 spiro atoms. The maximum atomic E-state index is 13.2. The van der Waals surface area contributed by atoms with Gasteiger partial charge in [0.1, 0.15) is 5.75 Å². The Kier molecular flexibility index (Phi) is 5.45. The maximum absolute atomic E-state index is 13.2. The summed E-state index contributed by atoms with van der Waals surface area (Å²) in [5, 5.41) is 0.897. The summed E-state index contributed by atoms with van der Waals surface area (Å²) in [6, 6.07) is 13.9. The van der Waals surface area contributed by atoms with E-state index in [1.807, 2.05) is 42.7 Å². The minimum atomic E-state index is -0.356. The molecule has 1 atom stereocenters. The number of hydrogen-bond acceptors (Lipinski definition) is 5. The van der Waals surface area contributed by atoms with Crippen LogP contribution in [0.1, 0.15) is 23.2 Å². The number of para-hydroxylation sites is 2. The second-order valence-electron chi connectivity index (χ2n) is 8.60. The van der Waals surface area contributed by atoms with Gasteiger partial charge in [-0.1, -0.05) is 12.1 Å². The molecule has 1 aliphatic rings. The number of carbonyl (C=O) groups is 1. The Labute approximate surface area is 186 Å². The van der Waals surface area contributed by atoms with Gasteiger partial charge in [-0.2, -0.15) is 0 Å². The minimum absolute atomic E-state index is 0.101. The van der Waals surface area contributed by atoms with Crippen LogP contribution in [0.3, 0.4) is 0 Å². The second-order valence-corrected chi connectivity index (χ2v) is 8.60. The number of aromatic nitrogens is 3. The van der Waals surface area contributed by atoms with Crippen LogP contribution in [0.5, 0.6) is 5.75 Å². The molecule has 7 nitrogen and oxygen atoms in total. The van der Waals surface area contributed by atoms with Crippen molar-refractivity contribution in [2.24, 2.45) is 0 Å². The SMILES string of the molecule is COc1ccc2[nH]cc(C(=O)CN3CCC[C@@](Cn4cnc5ccccc54)(OC)C3)c2c1. The molecule has 1 saturated heterocycles. The molecule has 2 aromatic heterocycles. The molecule has 1 N–H and O–H groups in total. The Balaban J connectivity index is 1.34. The van der Waals surface area contributed by atoms with Crippen LogP contribution in [-0.4, -0.2) is 64.7 Å². The number of hydrogen-bond donors (Lipinski definition) is 1. The van der Waals surface area contributed by atoms with Crippen molar-refractivity contribution in [2.45, 2.75) is 25.0 Å². The largest absolute Gasteiger partial charge is 0.497 e. The summed E-state index contributed by atoms with van der Waals surface area (Å²) in [5.41, 5.74) is 3.37. The van der Waals surface area contributed by atoms with Gasteiger partial charge in [-0.3, -0.25) is 9.69 Å². The van der Waals surface area contributed by atoms with E-state index in [0.717, 1.165) is 47.1 Å². The number of fused-ring (bicyclic) bond motifs is 2. The van der Waals surface area contributed by atoms with Gasteiger partial charge < -0.3 is 19.0 Å². The lowest BCUT2D eigenvalue weighted by molar-refractivity contribution is -0.0728. The highest BCUT2D eigenvalue weighted by Gasteiger charge is 2.37. The number of likely N-dealkylation sites (tertiary alicyclic amines) is 1. The van der Waals surface area contributed by atoms with Crippen LogP contribution in [0.4, 0.5) is 0 Å². The fourth-order valence-electron chi connectivity index (χ4n) is 4.88. The van der Waals surface area contributed by atoms with Crippen molar-refractivity contribution in [3.63, 3.8) is 0 Å². The number of imidazole rings is 1. The van der Waals surface area contributed by atoms with Gasteiger partial charge in [-0.05, 0) is 49.7 Å². The van der Waals surface area contributed by atoms with Crippen LogP contribution >= 0.6 is 0 Å². The Morgan fingerprint density at radius 1 is 1.22 bits per heavy atom. The number of methoxy groups -OCH3 is 2. The highest BCUT2D eigenvalue weighted by molar-refractivity contribution is 6.09. The van der Waals surface area contributed by atoms with Gasteiger partial charge in [0, 0.05) is 36.3 Å². The van der Waals surface area contributed by atoms with Crippen molar-refractivity contribution in [1.29, 1.82) is 0 Å². The van der Waals surface area contributed by atoms with Gasteiger partial charge in [0.25, 0.3) is 0 Å². The number of carbonyl (C=O) groups excluding carboxylic acids is 1. The summed E-state index contributed by atoms with van der Waals surface area (Å²) in [7, 11) is 3.41. The third kappa shape index (κ3) is 3.78. The highest BCUT2D eigenvalue weighted by atomic mass is 16.5. The van der Waals surface area contributed by atoms with Crippen molar-refractivity contribution in [2.75, 3.05) is 33.9 Å². The Bertz CT molecular complexity index is 1260. The third-order valence-electron chi connectivity index (χ3n) is 6.59. The quantitative estimate of drug-likeness (QED) is 0.449. The van der Waals surface area contributed by atoms with Gasteiger partial charge >= 0.3 is 0 Å². The Morgan fingerprint density at radius 2 is 2.09 bits per heavy atom. The molecule has 5 rings (SSSR count). The number of nitrogens with one attached hydrogen (secondary N) is 1. The van der Waals surface area contributed by atoms with E-state index in [9.17, 15) is 4.79 Å². The lowest BCUT2D eigenvalue weighted by Crippen LogP contribution is -2.52. The summed E-state index contributed by atoms with van der Waals surface area (Å²) in [6.45, 7) is 2.65. The van der Waals surface area contributed by atoms with E-state index in [-0.39, 0.29) is 11.4 Å². The molecule has 32 heavy (non-hydrogen) atoms. The number of H-pyrrole nitrogens is 1. The first-order valence-corrected chi connectivity index (χ1v) is 11.0. The number of benzene rings is 2. The molecule has 0 amide bonds. The topological polar surface area (TPSA) is 72.4 Å². The first kappa shape index (κ1) is 20.7. The predicted octanol–water partition coefficient (Wildman–Crippen LogP) is 3.89. The zero-order valence-electron chi connectivity index (χ0n) is 18.5. The lowest BCUT2D eigenvalue weighted by Gasteiger charge is -2.42. The van der Waals surface area contributed by atoms with Crippen molar-refractivity contribution in [1.82, 2.24) is 19.4 Å². The molecule has 166 valence electrons. The molecular formula is C25H28N4O3. The molecule has 7 heteroatoms. The molecule has 2 aromatic carbocycles. The number of Topliss-reactive ketones (excluding diaryl/α,β-unsaturated/α-hetero) is 1. The molecule has 3 heterocycles. The normalized spacial score (nSPS) is 19.6. The van der Waals surface area contributed by atoms with E-state index < -0.39 is 0 Å². The number of nitrogens with zero attached hydrogens (tertiary/aromatic N) is 3. The molecule has 4 aromatic rings. The smallest absolute Gasteiger partial charge is 0.178 e. The molecule has 0 saturated carbocycles. The van der Waals surface area contributed by atoms with Gasteiger partial charge in [-0.15, -0.1) is 0 Å². The molecule has 1 aliphatic heterocycles. The molecular weight excluding hydrogens is 404 g/mol. The van der Waals surface area contributed by atoms with E-state index in [4.69, 9.17) is 9.47 Å². The zero-order valence-corrected chi connectivity index (χ0v) is 18.5. The summed E-state index contributed by atoms with van der Waals surface area (Å²) in [6.07, 6.45) is 5.62. The van der Waals surface area contributed by atoms with E-state index in [2.05, 4.69) is 25.5 Å². The zero-order chi connectivity index (χ0) is 22.1. The van der Waals surface area contributed by atoms with E-state index >= 15 is 0 Å². The molecule has 1 fully saturated rings. The van der Waals surface area contributed by atoms with Crippen LogP contribution in [0.25, 0.3) is 21.9 Å². The first-order chi connectivity index (χ1) is 15.6. The fraction of sp³-hybridized carbons (Fsp3) is 0.360. The molecule has 0 bridgehead atoms. The molecule has 0 aliphatic carbocycles. The monoisotopic (exact) mass is 432 g/mol. The lowest BCUT2D eigenvalue weighted by atomic mass is 9.91. The van der Waals surface area contributed by atoms with Crippen LogP contribution in [-0.2, 0) is 11.3 Å². The van der Waals surface area contributed by atoms with Crippen molar-refractivity contribution >= 4 is 27.7 Å². The van der Waals surface area contributed by atoms with Crippen LogP contribution in [0, 0.1) is 0 Å². The predicted molar refractivity (Wildman–Crippen MR) is 124 cm³/mol. The van der Waals surface area contributed by atoms with E-state index in [1.165, 1.54) is 0 Å². The second kappa shape index (κ2) is 8.41. The summed E-state index contributed by atoms with van der Waals surface area (Å²) in [4.78, 5) is 23.2.